The zero-order valence-electron chi connectivity index (χ0n) is 14.8. The van der Waals surface area contributed by atoms with Crippen LogP contribution in [0.4, 0.5) is 0 Å². The smallest absolute Gasteiger partial charge is 0.295 e. The van der Waals surface area contributed by atoms with Crippen LogP contribution in [-0.2, 0) is 14.3 Å². The first kappa shape index (κ1) is 19.3. The molecule has 1 saturated heterocycles. The molecule has 0 spiro atoms. The van der Waals surface area contributed by atoms with E-state index >= 15 is 0 Å². The molecule has 1 aliphatic heterocycles. The summed E-state index contributed by atoms with van der Waals surface area (Å²) in [5, 5.41) is 10.8. The summed E-state index contributed by atoms with van der Waals surface area (Å²) in [5.74, 6) is -1.51. The third-order valence-corrected chi connectivity index (χ3v) is 4.90. The summed E-state index contributed by atoms with van der Waals surface area (Å²) in [6.45, 7) is 0.821. The molecule has 7 heteroatoms. The number of ketones is 1. The molecule has 140 valence electrons. The first-order valence-electron chi connectivity index (χ1n) is 8.47. The number of pyridine rings is 1. The van der Waals surface area contributed by atoms with Gasteiger partial charge in [-0.25, -0.2) is 0 Å². The maximum Gasteiger partial charge on any atom is 0.295 e. The minimum absolute atomic E-state index is 0.0849. The molecule has 27 heavy (non-hydrogen) atoms. The number of halogens is 1. The Labute approximate surface area is 165 Å². The first-order chi connectivity index (χ1) is 13.0. The van der Waals surface area contributed by atoms with Gasteiger partial charge in [-0.05, 0) is 36.2 Å². The lowest BCUT2D eigenvalue weighted by atomic mass is 9.95. The van der Waals surface area contributed by atoms with E-state index in [0.29, 0.717) is 25.1 Å². The summed E-state index contributed by atoms with van der Waals surface area (Å²) in [6, 6.07) is 9.93. The standard InChI is InChI=1S/C20H19BrN2O4/c1-27-11-3-10-23-17(14-4-2-5-15(21)12-14)16(19(25)20(23)26)18(24)13-6-8-22-9-7-13/h2,4-9,12,17,24H,3,10-11H2,1H3. The largest absolute Gasteiger partial charge is 0.507 e. The van der Waals surface area contributed by atoms with E-state index in [-0.39, 0.29) is 11.3 Å². The van der Waals surface area contributed by atoms with E-state index in [1.807, 2.05) is 24.3 Å². The average Bonchev–Trinajstić information content (AvgIpc) is 2.93. The summed E-state index contributed by atoms with van der Waals surface area (Å²) in [6.07, 6.45) is 3.64. The number of amides is 1. The number of carbonyl (C=O) groups excluding carboxylic acids is 2. The Kier molecular flexibility index (Phi) is 6.03. The molecule has 1 atom stereocenters. The molecule has 1 unspecified atom stereocenters. The van der Waals surface area contributed by atoms with Crippen molar-refractivity contribution in [3.63, 3.8) is 0 Å². The van der Waals surface area contributed by atoms with Crippen molar-refractivity contribution in [3.05, 3.63) is 70.0 Å². The Morgan fingerprint density at radius 3 is 2.67 bits per heavy atom. The van der Waals surface area contributed by atoms with Crippen LogP contribution < -0.4 is 0 Å². The quantitative estimate of drug-likeness (QED) is 0.329. The molecular formula is C20H19BrN2O4. The molecule has 6 nitrogen and oxygen atoms in total. The highest BCUT2D eigenvalue weighted by atomic mass is 79.9. The molecule has 0 aliphatic carbocycles. The van der Waals surface area contributed by atoms with Crippen LogP contribution in [0.2, 0.25) is 0 Å². The fraction of sp³-hybridized carbons (Fsp3) is 0.250. The highest BCUT2D eigenvalue weighted by Gasteiger charge is 2.45. The van der Waals surface area contributed by atoms with Crippen LogP contribution in [0.15, 0.2) is 58.8 Å². The van der Waals surface area contributed by atoms with E-state index in [9.17, 15) is 14.7 Å². The number of nitrogens with zero attached hydrogens (tertiary/aromatic N) is 2. The topological polar surface area (TPSA) is 79.7 Å². The van der Waals surface area contributed by atoms with Gasteiger partial charge >= 0.3 is 0 Å². The van der Waals surface area contributed by atoms with Gasteiger partial charge in [0, 0.05) is 42.7 Å². The van der Waals surface area contributed by atoms with Crippen molar-refractivity contribution in [2.45, 2.75) is 12.5 Å². The van der Waals surface area contributed by atoms with E-state index in [1.165, 1.54) is 17.3 Å². The van der Waals surface area contributed by atoms with Crippen LogP contribution in [0.5, 0.6) is 0 Å². The second-order valence-corrected chi connectivity index (χ2v) is 7.05. The Morgan fingerprint density at radius 2 is 2.00 bits per heavy atom. The molecule has 1 fully saturated rings. The van der Waals surface area contributed by atoms with E-state index in [2.05, 4.69) is 20.9 Å². The molecule has 1 aromatic carbocycles. The second-order valence-electron chi connectivity index (χ2n) is 6.13. The van der Waals surface area contributed by atoms with Crippen molar-refractivity contribution < 1.29 is 19.4 Å². The minimum Gasteiger partial charge on any atom is -0.507 e. The van der Waals surface area contributed by atoms with Crippen molar-refractivity contribution in [2.24, 2.45) is 0 Å². The predicted octanol–water partition coefficient (Wildman–Crippen LogP) is 3.30. The number of aromatic nitrogens is 1. The highest BCUT2D eigenvalue weighted by molar-refractivity contribution is 9.10. The lowest BCUT2D eigenvalue weighted by molar-refractivity contribution is -0.140. The van der Waals surface area contributed by atoms with Crippen molar-refractivity contribution in [2.75, 3.05) is 20.3 Å². The third-order valence-electron chi connectivity index (χ3n) is 4.41. The fourth-order valence-corrected chi connectivity index (χ4v) is 3.60. The Bertz CT molecular complexity index is 883. The number of aliphatic hydroxyl groups excluding tert-OH is 1. The fourth-order valence-electron chi connectivity index (χ4n) is 3.18. The van der Waals surface area contributed by atoms with Crippen molar-refractivity contribution in [1.29, 1.82) is 0 Å². The van der Waals surface area contributed by atoms with Crippen LogP contribution in [-0.4, -0.2) is 46.9 Å². The van der Waals surface area contributed by atoms with Gasteiger partial charge in [0.25, 0.3) is 11.7 Å². The SMILES string of the molecule is COCCCN1C(=O)C(=O)C(=C(O)c2ccncc2)C1c1cccc(Br)c1. The Morgan fingerprint density at radius 1 is 1.26 bits per heavy atom. The normalized spacial score (nSPS) is 18.9. The van der Waals surface area contributed by atoms with Crippen molar-refractivity contribution in [3.8, 4) is 0 Å². The molecule has 0 radical (unpaired) electrons. The lowest BCUT2D eigenvalue weighted by Crippen LogP contribution is -2.31. The minimum atomic E-state index is -0.688. The van der Waals surface area contributed by atoms with Crippen LogP contribution in [0.1, 0.15) is 23.6 Å². The number of likely N-dealkylation sites (tertiary alicyclic amines) is 1. The summed E-state index contributed by atoms with van der Waals surface area (Å²) in [5.41, 5.74) is 1.28. The van der Waals surface area contributed by atoms with Gasteiger partial charge in [-0.3, -0.25) is 14.6 Å². The maximum atomic E-state index is 12.8. The summed E-state index contributed by atoms with van der Waals surface area (Å²) in [7, 11) is 1.59. The van der Waals surface area contributed by atoms with Crippen LogP contribution in [0.3, 0.4) is 0 Å². The summed E-state index contributed by atoms with van der Waals surface area (Å²) in [4.78, 5) is 30.9. The summed E-state index contributed by atoms with van der Waals surface area (Å²) < 4.78 is 5.89. The second kappa shape index (κ2) is 8.45. The zero-order chi connectivity index (χ0) is 19.4. The first-order valence-corrected chi connectivity index (χ1v) is 9.27. The third kappa shape index (κ3) is 3.94. The molecular weight excluding hydrogens is 412 g/mol. The van der Waals surface area contributed by atoms with Gasteiger partial charge < -0.3 is 14.7 Å². The van der Waals surface area contributed by atoms with Crippen LogP contribution in [0.25, 0.3) is 5.76 Å². The number of carbonyl (C=O) groups is 2. The number of hydrogen-bond acceptors (Lipinski definition) is 5. The van der Waals surface area contributed by atoms with Crippen molar-refractivity contribution in [1.82, 2.24) is 9.88 Å². The predicted molar refractivity (Wildman–Crippen MR) is 104 cm³/mol. The highest BCUT2D eigenvalue weighted by Crippen LogP contribution is 2.39. The van der Waals surface area contributed by atoms with Crippen LogP contribution in [0, 0.1) is 0 Å². The number of Topliss-reactive ketones (excluding diaryl/α,β-unsaturated/α-hetero) is 1. The molecule has 3 rings (SSSR count). The zero-order valence-corrected chi connectivity index (χ0v) is 16.3. The molecule has 1 aliphatic rings. The number of methoxy groups -OCH3 is 1. The lowest BCUT2D eigenvalue weighted by Gasteiger charge is -2.25. The number of ether oxygens (including phenoxy) is 1. The molecule has 2 aromatic rings. The van der Waals surface area contributed by atoms with E-state index in [4.69, 9.17) is 4.74 Å². The number of aliphatic hydroxyl groups is 1. The monoisotopic (exact) mass is 430 g/mol. The van der Waals surface area contributed by atoms with Gasteiger partial charge in [0.15, 0.2) is 0 Å². The van der Waals surface area contributed by atoms with E-state index in [0.717, 1.165) is 10.0 Å². The number of rotatable bonds is 6. The van der Waals surface area contributed by atoms with Gasteiger partial charge in [-0.1, -0.05) is 28.1 Å². The number of benzene rings is 1. The van der Waals surface area contributed by atoms with Crippen molar-refractivity contribution >= 4 is 33.4 Å². The van der Waals surface area contributed by atoms with Gasteiger partial charge in [-0.15, -0.1) is 0 Å². The average molecular weight is 431 g/mol. The van der Waals surface area contributed by atoms with Gasteiger partial charge in [-0.2, -0.15) is 0 Å². The molecule has 1 aromatic heterocycles. The number of hydrogen-bond donors (Lipinski definition) is 1. The van der Waals surface area contributed by atoms with E-state index < -0.39 is 17.7 Å². The van der Waals surface area contributed by atoms with Gasteiger partial charge in [0.2, 0.25) is 0 Å². The molecule has 1 amide bonds. The maximum absolute atomic E-state index is 12.8. The molecule has 0 saturated carbocycles. The van der Waals surface area contributed by atoms with Crippen LogP contribution >= 0.6 is 15.9 Å². The molecule has 1 N–H and O–H groups in total. The van der Waals surface area contributed by atoms with E-state index in [1.54, 1.807) is 19.2 Å². The Balaban J connectivity index is 2.12. The summed E-state index contributed by atoms with van der Waals surface area (Å²) >= 11 is 3.43. The Hall–Kier alpha value is -2.51. The van der Waals surface area contributed by atoms with Gasteiger partial charge in [0.05, 0.1) is 11.6 Å². The molecule has 2 heterocycles. The van der Waals surface area contributed by atoms with Gasteiger partial charge in [0.1, 0.15) is 5.76 Å². The molecule has 0 bridgehead atoms.